The normalized spacial score (nSPS) is 16.4. The van der Waals surface area contributed by atoms with Gasteiger partial charge in [-0.25, -0.2) is 0 Å². The van der Waals surface area contributed by atoms with Crippen LogP contribution in [0.2, 0.25) is 0 Å². The van der Waals surface area contributed by atoms with Gasteiger partial charge in [0.1, 0.15) is 0 Å². The number of rotatable bonds is 3. The summed E-state index contributed by atoms with van der Waals surface area (Å²) in [4.78, 5) is 26.6. The van der Waals surface area contributed by atoms with Gasteiger partial charge in [0, 0.05) is 20.0 Å². The Bertz CT molecular complexity index is 1030. The molecule has 136 valence electrons. The van der Waals surface area contributed by atoms with Crippen LogP contribution in [0.5, 0.6) is 0 Å². The highest BCUT2D eigenvalue weighted by Crippen LogP contribution is 2.20. The van der Waals surface area contributed by atoms with E-state index in [9.17, 15) is 9.59 Å². The Morgan fingerprint density at radius 1 is 1.23 bits per heavy atom. The predicted molar refractivity (Wildman–Crippen MR) is 97.8 cm³/mol. The second kappa shape index (κ2) is 6.53. The SMILES string of the molecule is CNC(=O)C1CCN(Cc2nnc3n(C)c(=O)c4ccccc4n23)CC1. The van der Waals surface area contributed by atoms with Gasteiger partial charge in [-0.2, -0.15) is 0 Å². The number of amides is 1. The van der Waals surface area contributed by atoms with Crippen molar-refractivity contribution in [1.82, 2.24) is 29.4 Å². The number of aromatic nitrogens is 4. The quantitative estimate of drug-likeness (QED) is 0.742. The van der Waals surface area contributed by atoms with Crippen molar-refractivity contribution >= 4 is 22.6 Å². The smallest absolute Gasteiger partial charge is 0.262 e. The molecule has 1 aromatic carbocycles. The highest BCUT2D eigenvalue weighted by Gasteiger charge is 2.25. The summed E-state index contributed by atoms with van der Waals surface area (Å²) in [7, 11) is 3.41. The summed E-state index contributed by atoms with van der Waals surface area (Å²) in [5.74, 6) is 1.57. The molecule has 2 aromatic heterocycles. The van der Waals surface area contributed by atoms with E-state index in [0.29, 0.717) is 17.7 Å². The lowest BCUT2D eigenvalue weighted by atomic mass is 9.96. The Labute approximate surface area is 150 Å². The standard InChI is InChI=1S/C18H22N6O2/c1-19-16(25)12-7-9-23(10-8-12)11-15-20-21-18-22(2)17(26)13-5-3-4-6-14(13)24(15)18/h3-6,12H,7-11H2,1-2H3,(H,19,25). The van der Waals surface area contributed by atoms with Crippen LogP contribution < -0.4 is 10.9 Å². The first-order valence-electron chi connectivity index (χ1n) is 8.86. The Balaban J connectivity index is 1.67. The van der Waals surface area contributed by atoms with Crippen molar-refractivity contribution in [3.8, 4) is 0 Å². The van der Waals surface area contributed by atoms with E-state index in [1.165, 1.54) is 4.57 Å². The zero-order chi connectivity index (χ0) is 18.3. The Hall–Kier alpha value is -2.74. The first-order valence-corrected chi connectivity index (χ1v) is 8.86. The number of hydrogen-bond acceptors (Lipinski definition) is 5. The molecule has 0 saturated carbocycles. The van der Waals surface area contributed by atoms with Crippen LogP contribution in [0, 0.1) is 5.92 Å². The second-order valence-electron chi connectivity index (χ2n) is 6.80. The van der Waals surface area contributed by atoms with Crippen LogP contribution in [0.25, 0.3) is 16.7 Å². The van der Waals surface area contributed by atoms with Crippen molar-refractivity contribution in [2.45, 2.75) is 19.4 Å². The van der Waals surface area contributed by atoms with Gasteiger partial charge in [0.2, 0.25) is 11.7 Å². The van der Waals surface area contributed by atoms with Crippen molar-refractivity contribution in [2.24, 2.45) is 13.0 Å². The van der Waals surface area contributed by atoms with E-state index >= 15 is 0 Å². The van der Waals surface area contributed by atoms with Crippen molar-refractivity contribution in [3.63, 3.8) is 0 Å². The molecule has 0 atom stereocenters. The van der Waals surface area contributed by atoms with E-state index in [1.807, 2.05) is 28.7 Å². The Kier molecular flexibility index (Phi) is 4.20. The predicted octanol–water partition coefficient (Wildman–Crippen LogP) is 0.539. The molecule has 1 fully saturated rings. The number of nitrogens with one attached hydrogen (secondary N) is 1. The summed E-state index contributed by atoms with van der Waals surface area (Å²) in [6.07, 6.45) is 1.69. The number of nitrogens with zero attached hydrogens (tertiary/aromatic N) is 5. The van der Waals surface area contributed by atoms with E-state index in [4.69, 9.17) is 0 Å². The monoisotopic (exact) mass is 354 g/mol. The number of hydrogen-bond donors (Lipinski definition) is 1. The molecule has 0 aliphatic carbocycles. The highest BCUT2D eigenvalue weighted by atomic mass is 16.1. The maximum absolute atomic E-state index is 12.5. The molecule has 8 nitrogen and oxygen atoms in total. The summed E-state index contributed by atoms with van der Waals surface area (Å²) in [6, 6.07) is 7.53. The number of carbonyl (C=O) groups is 1. The fourth-order valence-electron chi connectivity index (χ4n) is 3.75. The van der Waals surface area contributed by atoms with Gasteiger partial charge in [0.15, 0.2) is 5.82 Å². The molecule has 0 bridgehead atoms. The summed E-state index contributed by atoms with van der Waals surface area (Å²) >= 11 is 0. The van der Waals surface area contributed by atoms with E-state index < -0.39 is 0 Å². The molecular formula is C18H22N6O2. The van der Waals surface area contributed by atoms with Crippen LogP contribution in [-0.4, -0.2) is 50.1 Å². The molecule has 0 radical (unpaired) electrons. The molecule has 0 unspecified atom stereocenters. The minimum absolute atomic E-state index is 0.0709. The number of aryl methyl sites for hydroxylation is 1. The molecule has 0 spiro atoms. The van der Waals surface area contributed by atoms with E-state index in [2.05, 4.69) is 20.4 Å². The minimum atomic E-state index is -0.0709. The van der Waals surface area contributed by atoms with Gasteiger partial charge in [-0.3, -0.25) is 23.5 Å². The molecule has 1 amide bonds. The molecule has 8 heteroatoms. The third kappa shape index (κ3) is 2.66. The molecule has 1 N–H and O–H groups in total. The number of carbonyl (C=O) groups excluding carboxylic acids is 1. The van der Waals surface area contributed by atoms with E-state index in [-0.39, 0.29) is 17.4 Å². The fraction of sp³-hybridized carbons (Fsp3) is 0.444. The van der Waals surface area contributed by atoms with Gasteiger partial charge in [-0.1, -0.05) is 12.1 Å². The zero-order valence-electron chi connectivity index (χ0n) is 15.0. The second-order valence-corrected chi connectivity index (χ2v) is 6.80. The molecule has 1 saturated heterocycles. The number of benzene rings is 1. The van der Waals surface area contributed by atoms with Gasteiger partial charge >= 0.3 is 0 Å². The van der Waals surface area contributed by atoms with E-state index in [1.54, 1.807) is 14.1 Å². The van der Waals surface area contributed by atoms with Gasteiger partial charge in [0.25, 0.3) is 5.56 Å². The molecule has 26 heavy (non-hydrogen) atoms. The van der Waals surface area contributed by atoms with Crippen molar-refractivity contribution < 1.29 is 4.79 Å². The first kappa shape index (κ1) is 16.7. The fourth-order valence-corrected chi connectivity index (χ4v) is 3.75. The minimum Gasteiger partial charge on any atom is -0.359 e. The maximum atomic E-state index is 12.5. The molecular weight excluding hydrogens is 332 g/mol. The third-order valence-corrected chi connectivity index (χ3v) is 5.26. The number of likely N-dealkylation sites (tertiary alicyclic amines) is 1. The average Bonchev–Trinajstić information content (AvgIpc) is 3.10. The number of piperidine rings is 1. The maximum Gasteiger partial charge on any atom is 0.262 e. The van der Waals surface area contributed by atoms with Crippen molar-refractivity contribution in [1.29, 1.82) is 0 Å². The molecule has 1 aliphatic heterocycles. The van der Waals surface area contributed by atoms with Gasteiger partial charge in [0.05, 0.1) is 17.4 Å². The lowest BCUT2D eigenvalue weighted by molar-refractivity contribution is -0.125. The topological polar surface area (TPSA) is 84.5 Å². The van der Waals surface area contributed by atoms with Crippen molar-refractivity contribution in [2.75, 3.05) is 20.1 Å². The third-order valence-electron chi connectivity index (χ3n) is 5.26. The number of para-hydroxylation sites is 1. The molecule has 3 heterocycles. The van der Waals surface area contributed by atoms with Gasteiger partial charge < -0.3 is 5.32 Å². The van der Waals surface area contributed by atoms with Crippen LogP contribution in [0.1, 0.15) is 18.7 Å². The largest absolute Gasteiger partial charge is 0.359 e. The average molecular weight is 354 g/mol. The Morgan fingerprint density at radius 2 is 1.96 bits per heavy atom. The lowest BCUT2D eigenvalue weighted by Gasteiger charge is -2.30. The highest BCUT2D eigenvalue weighted by molar-refractivity contribution is 5.80. The molecule has 1 aliphatic rings. The molecule has 4 rings (SSSR count). The van der Waals surface area contributed by atoms with Crippen LogP contribution in [0.3, 0.4) is 0 Å². The summed E-state index contributed by atoms with van der Waals surface area (Å²) in [6.45, 7) is 2.33. The summed E-state index contributed by atoms with van der Waals surface area (Å²) in [5.41, 5.74) is 0.754. The van der Waals surface area contributed by atoms with Crippen LogP contribution in [-0.2, 0) is 18.4 Å². The number of fused-ring (bicyclic) bond motifs is 3. The Morgan fingerprint density at radius 3 is 2.69 bits per heavy atom. The molecule has 3 aromatic rings. The van der Waals surface area contributed by atoms with Gasteiger partial charge in [-0.05, 0) is 38.1 Å². The van der Waals surface area contributed by atoms with Crippen LogP contribution in [0.15, 0.2) is 29.1 Å². The van der Waals surface area contributed by atoms with Crippen LogP contribution in [0.4, 0.5) is 0 Å². The summed E-state index contributed by atoms with van der Waals surface area (Å²) in [5, 5.41) is 12.0. The van der Waals surface area contributed by atoms with Crippen molar-refractivity contribution in [3.05, 3.63) is 40.4 Å². The van der Waals surface area contributed by atoms with Gasteiger partial charge in [-0.15, -0.1) is 10.2 Å². The lowest BCUT2D eigenvalue weighted by Crippen LogP contribution is -2.39. The van der Waals surface area contributed by atoms with E-state index in [0.717, 1.165) is 37.3 Å². The van der Waals surface area contributed by atoms with Crippen LogP contribution >= 0.6 is 0 Å². The summed E-state index contributed by atoms with van der Waals surface area (Å²) < 4.78 is 3.50. The zero-order valence-corrected chi connectivity index (χ0v) is 15.0. The first-order chi connectivity index (χ1) is 12.6.